The van der Waals surface area contributed by atoms with Gasteiger partial charge in [-0.1, -0.05) is 18.9 Å². The maximum atomic E-state index is 12.8. The van der Waals surface area contributed by atoms with E-state index < -0.39 is 27.1 Å². The number of sulfonamides is 1. The Bertz CT molecular complexity index is 1420. The van der Waals surface area contributed by atoms with E-state index >= 15 is 0 Å². The summed E-state index contributed by atoms with van der Waals surface area (Å²) in [5.41, 5.74) is 2.33. The molecule has 2 aromatic heterocycles. The standard InChI is InChI=1S/C23H20F3N5O2S/c1-14(23(24,25)26)30-34(32,33)17-7-9-20(29-13-17)22-19(12-28)18-8-6-15(11-27)10-21(18)31(22)16-4-2-3-5-16/h6-10,13-14,16,30H,2-5H2,1H3/t14-/m0/s1. The SMILES string of the molecule is C[C@H](NS(=O)(=O)c1ccc(-c2c(C#N)c3ccc(C#N)cc3n2C2CCCC2)nc1)C(F)(F)F. The van der Waals surface area contributed by atoms with E-state index in [2.05, 4.69) is 17.1 Å². The first-order chi connectivity index (χ1) is 16.1. The molecule has 176 valence electrons. The van der Waals surface area contributed by atoms with Crippen LogP contribution >= 0.6 is 0 Å². The zero-order valence-electron chi connectivity index (χ0n) is 18.1. The maximum Gasteiger partial charge on any atom is 0.404 e. The van der Waals surface area contributed by atoms with Crippen LogP contribution < -0.4 is 4.72 Å². The number of nitrogens with one attached hydrogen (secondary N) is 1. The lowest BCUT2D eigenvalue weighted by Gasteiger charge is -2.19. The van der Waals surface area contributed by atoms with Crippen LogP contribution in [0.1, 0.15) is 49.8 Å². The van der Waals surface area contributed by atoms with Gasteiger partial charge in [0.1, 0.15) is 17.0 Å². The fraction of sp³-hybridized carbons (Fsp3) is 0.348. The van der Waals surface area contributed by atoms with Gasteiger partial charge in [-0.05, 0) is 44.0 Å². The second kappa shape index (κ2) is 8.75. The lowest BCUT2D eigenvalue weighted by atomic mass is 10.1. The first-order valence-electron chi connectivity index (χ1n) is 10.6. The summed E-state index contributed by atoms with van der Waals surface area (Å²) in [5.74, 6) is 0. The van der Waals surface area contributed by atoms with Gasteiger partial charge in [-0.2, -0.15) is 28.4 Å². The number of fused-ring (bicyclic) bond motifs is 1. The summed E-state index contributed by atoms with van der Waals surface area (Å²) >= 11 is 0. The topological polar surface area (TPSA) is 112 Å². The van der Waals surface area contributed by atoms with Crippen LogP contribution in [0.3, 0.4) is 0 Å². The van der Waals surface area contributed by atoms with Crippen molar-refractivity contribution < 1.29 is 21.6 Å². The van der Waals surface area contributed by atoms with Crippen molar-refractivity contribution in [2.75, 3.05) is 0 Å². The number of nitrogens with zero attached hydrogens (tertiary/aromatic N) is 4. The van der Waals surface area contributed by atoms with Gasteiger partial charge in [0.05, 0.1) is 34.1 Å². The van der Waals surface area contributed by atoms with Crippen LogP contribution in [0.4, 0.5) is 13.2 Å². The van der Waals surface area contributed by atoms with E-state index in [1.807, 2.05) is 4.57 Å². The molecule has 1 aliphatic carbocycles. The Morgan fingerprint density at radius 1 is 1.15 bits per heavy atom. The number of nitriles is 2. The average Bonchev–Trinajstić information content (AvgIpc) is 3.43. The van der Waals surface area contributed by atoms with E-state index in [9.17, 15) is 32.1 Å². The highest BCUT2D eigenvalue weighted by atomic mass is 32.2. The number of pyridine rings is 1. The van der Waals surface area contributed by atoms with E-state index in [1.165, 1.54) is 12.1 Å². The molecule has 7 nitrogen and oxygen atoms in total. The van der Waals surface area contributed by atoms with Crippen LogP contribution in [0.25, 0.3) is 22.3 Å². The first kappa shape index (κ1) is 23.7. The third-order valence-corrected chi connectivity index (χ3v) is 7.57. The van der Waals surface area contributed by atoms with Crippen molar-refractivity contribution in [1.29, 1.82) is 10.5 Å². The Kier molecular flexibility index (Phi) is 6.11. The summed E-state index contributed by atoms with van der Waals surface area (Å²) in [6.45, 7) is 0.716. The fourth-order valence-electron chi connectivity index (χ4n) is 4.33. The van der Waals surface area contributed by atoms with E-state index in [0.29, 0.717) is 34.8 Å². The quantitative estimate of drug-likeness (QED) is 0.556. The molecule has 1 N–H and O–H groups in total. The molecule has 0 radical (unpaired) electrons. The molecule has 3 aromatic rings. The van der Waals surface area contributed by atoms with Gasteiger partial charge in [-0.15, -0.1) is 0 Å². The molecule has 0 amide bonds. The van der Waals surface area contributed by atoms with Gasteiger partial charge in [-0.3, -0.25) is 4.98 Å². The van der Waals surface area contributed by atoms with Crippen LogP contribution in [-0.2, 0) is 10.0 Å². The Labute approximate surface area is 194 Å². The molecule has 0 spiro atoms. The number of rotatable bonds is 5. The first-order valence-corrected chi connectivity index (χ1v) is 12.1. The van der Waals surface area contributed by atoms with Crippen molar-refractivity contribution >= 4 is 20.9 Å². The van der Waals surface area contributed by atoms with E-state index in [4.69, 9.17) is 0 Å². The molecular weight excluding hydrogens is 467 g/mol. The molecule has 1 saturated carbocycles. The zero-order chi connectivity index (χ0) is 24.7. The molecule has 11 heteroatoms. The van der Waals surface area contributed by atoms with Crippen LogP contribution in [-0.4, -0.2) is 30.2 Å². The lowest BCUT2D eigenvalue weighted by molar-refractivity contribution is -0.147. The molecule has 4 rings (SSSR count). The van der Waals surface area contributed by atoms with Crippen LogP contribution in [0.15, 0.2) is 41.4 Å². The van der Waals surface area contributed by atoms with Gasteiger partial charge in [0.15, 0.2) is 0 Å². The molecule has 0 bridgehead atoms. The van der Waals surface area contributed by atoms with E-state index in [0.717, 1.165) is 37.4 Å². The smallest absolute Gasteiger partial charge is 0.335 e. The minimum atomic E-state index is -4.73. The van der Waals surface area contributed by atoms with Crippen LogP contribution in [0, 0.1) is 22.7 Å². The highest BCUT2D eigenvalue weighted by Gasteiger charge is 2.39. The summed E-state index contributed by atoms with van der Waals surface area (Å²) in [4.78, 5) is 3.81. The fourth-order valence-corrected chi connectivity index (χ4v) is 5.51. The van der Waals surface area contributed by atoms with Gasteiger partial charge in [0.25, 0.3) is 0 Å². The molecule has 1 fully saturated rings. The van der Waals surface area contributed by atoms with Crippen molar-refractivity contribution in [3.8, 4) is 23.5 Å². The normalized spacial score (nSPS) is 15.8. The molecule has 1 atom stereocenters. The van der Waals surface area contributed by atoms with Crippen molar-refractivity contribution in [2.24, 2.45) is 0 Å². The van der Waals surface area contributed by atoms with Crippen molar-refractivity contribution in [2.45, 2.75) is 55.8 Å². The number of alkyl halides is 3. The molecule has 0 unspecified atom stereocenters. The van der Waals surface area contributed by atoms with Crippen LogP contribution in [0.2, 0.25) is 0 Å². The van der Waals surface area contributed by atoms with Gasteiger partial charge in [0, 0.05) is 17.6 Å². The van der Waals surface area contributed by atoms with Gasteiger partial charge in [0.2, 0.25) is 10.0 Å². The number of hydrogen-bond acceptors (Lipinski definition) is 5. The number of hydrogen-bond donors (Lipinski definition) is 1. The summed E-state index contributed by atoms with van der Waals surface area (Å²) in [6.07, 6.45) is 0.0365. The third kappa shape index (κ3) is 4.25. The van der Waals surface area contributed by atoms with Crippen molar-refractivity contribution in [3.05, 3.63) is 47.7 Å². The van der Waals surface area contributed by atoms with Crippen LogP contribution in [0.5, 0.6) is 0 Å². The predicted molar refractivity (Wildman–Crippen MR) is 118 cm³/mol. The Morgan fingerprint density at radius 3 is 2.41 bits per heavy atom. The Hall–Kier alpha value is -3.41. The molecule has 0 saturated heterocycles. The third-order valence-electron chi connectivity index (χ3n) is 6.05. The van der Waals surface area contributed by atoms with Gasteiger partial charge >= 0.3 is 6.18 Å². The molecule has 1 aliphatic rings. The molecule has 2 heterocycles. The number of benzene rings is 1. The number of aromatic nitrogens is 2. The van der Waals surface area contributed by atoms with Crippen molar-refractivity contribution in [1.82, 2.24) is 14.3 Å². The van der Waals surface area contributed by atoms with E-state index in [1.54, 1.807) is 22.9 Å². The minimum Gasteiger partial charge on any atom is -0.335 e. The maximum absolute atomic E-state index is 12.8. The van der Waals surface area contributed by atoms with Crippen molar-refractivity contribution in [3.63, 3.8) is 0 Å². The Morgan fingerprint density at radius 2 is 1.85 bits per heavy atom. The summed E-state index contributed by atoms with van der Waals surface area (Å²) < 4.78 is 66.9. The Balaban J connectivity index is 1.83. The van der Waals surface area contributed by atoms with Gasteiger partial charge in [-0.25, -0.2) is 8.42 Å². The summed E-state index contributed by atoms with van der Waals surface area (Å²) in [5, 5.41) is 20.0. The summed E-state index contributed by atoms with van der Waals surface area (Å²) in [7, 11) is -4.46. The van der Waals surface area contributed by atoms with E-state index in [-0.39, 0.29) is 6.04 Å². The second-order valence-corrected chi connectivity index (χ2v) is 9.97. The van der Waals surface area contributed by atoms with Gasteiger partial charge < -0.3 is 4.57 Å². The lowest BCUT2D eigenvalue weighted by Crippen LogP contribution is -2.42. The monoisotopic (exact) mass is 487 g/mol. The number of halogens is 3. The molecular formula is C23H20F3N5O2S. The highest BCUT2D eigenvalue weighted by Crippen LogP contribution is 2.41. The highest BCUT2D eigenvalue weighted by molar-refractivity contribution is 7.89. The summed E-state index contributed by atoms with van der Waals surface area (Å²) in [6, 6.07) is 9.75. The predicted octanol–water partition coefficient (Wildman–Crippen LogP) is 4.79. The average molecular weight is 488 g/mol. The zero-order valence-corrected chi connectivity index (χ0v) is 18.9. The molecule has 0 aliphatic heterocycles. The largest absolute Gasteiger partial charge is 0.404 e. The molecule has 34 heavy (non-hydrogen) atoms. The minimum absolute atomic E-state index is 0.0769. The molecule has 1 aromatic carbocycles. The second-order valence-electron chi connectivity index (χ2n) is 8.25.